The fourth-order valence-corrected chi connectivity index (χ4v) is 6.36. The molecule has 2 aliphatic carbocycles. The lowest BCUT2D eigenvalue weighted by Gasteiger charge is -2.37. The van der Waals surface area contributed by atoms with Gasteiger partial charge in [-0.05, 0) is 118 Å². The van der Waals surface area contributed by atoms with Crippen molar-refractivity contribution in [2.45, 2.75) is 78.1 Å². The Morgan fingerprint density at radius 2 is 1.56 bits per heavy atom. The van der Waals surface area contributed by atoms with Crippen molar-refractivity contribution >= 4 is 0 Å². The van der Waals surface area contributed by atoms with Crippen LogP contribution >= 0.6 is 0 Å². The zero-order valence-corrected chi connectivity index (χ0v) is 21.5. The molecule has 196 valence electrons. The largest absolute Gasteiger partial charge is 0.491 e. The molecule has 0 radical (unpaired) electrons. The molecule has 0 aromatic heterocycles. The molecule has 0 heterocycles. The van der Waals surface area contributed by atoms with Crippen LogP contribution in [0, 0.1) is 41.1 Å². The van der Waals surface area contributed by atoms with Crippen LogP contribution in [0.2, 0.25) is 0 Å². The van der Waals surface area contributed by atoms with Crippen LogP contribution in [-0.2, 0) is 6.42 Å². The zero-order valence-electron chi connectivity index (χ0n) is 21.5. The Kier molecular flexibility index (Phi) is 9.14. The highest BCUT2D eigenvalue weighted by molar-refractivity contribution is 5.65. The lowest BCUT2D eigenvalue weighted by Crippen LogP contribution is -2.25. The Morgan fingerprint density at radius 1 is 0.889 bits per heavy atom. The van der Waals surface area contributed by atoms with Gasteiger partial charge in [-0.15, -0.1) is 0 Å². The SMILES string of the molecule is CCOc1ccc(-c2ccc(CCC3CCC(C4CCC(/C=C(/C)F)CC4)CC3)c(F)c2)c(F)c1F. The Hall–Kier alpha value is -2.30. The van der Waals surface area contributed by atoms with Crippen molar-refractivity contribution in [2.75, 3.05) is 6.61 Å². The van der Waals surface area contributed by atoms with Crippen molar-refractivity contribution in [1.29, 1.82) is 0 Å². The highest BCUT2D eigenvalue weighted by Gasteiger charge is 2.30. The Balaban J connectivity index is 1.28. The lowest BCUT2D eigenvalue weighted by atomic mass is 9.68. The molecule has 4 rings (SSSR count). The van der Waals surface area contributed by atoms with Crippen LogP contribution in [0.3, 0.4) is 0 Å². The highest BCUT2D eigenvalue weighted by Crippen LogP contribution is 2.42. The third kappa shape index (κ3) is 6.52. The zero-order chi connectivity index (χ0) is 25.7. The van der Waals surface area contributed by atoms with Crippen molar-refractivity contribution in [2.24, 2.45) is 23.7 Å². The van der Waals surface area contributed by atoms with E-state index in [1.165, 1.54) is 63.6 Å². The molecule has 2 fully saturated rings. The van der Waals surface area contributed by atoms with E-state index < -0.39 is 11.6 Å². The van der Waals surface area contributed by atoms with Gasteiger partial charge in [0.2, 0.25) is 5.82 Å². The van der Waals surface area contributed by atoms with Gasteiger partial charge in [-0.2, -0.15) is 4.39 Å². The molecular weight excluding hydrogens is 464 g/mol. The van der Waals surface area contributed by atoms with E-state index in [2.05, 4.69) is 0 Å². The van der Waals surface area contributed by atoms with Gasteiger partial charge in [0.1, 0.15) is 5.82 Å². The van der Waals surface area contributed by atoms with Gasteiger partial charge in [-0.3, -0.25) is 0 Å². The summed E-state index contributed by atoms with van der Waals surface area (Å²) >= 11 is 0. The quantitative estimate of drug-likeness (QED) is 0.327. The molecule has 5 heteroatoms. The third-order valence-corrected chi connectivity index (χ3v) is 8.37. The molecule has 0 unspecified atom stereocenters. The predicted molar refractivity (Wildman–Crippen MR) is 137 cm³/mol. The van der Waals surface area contributed by atoms with Crippen molar-refractivity contribution in [1.82, 2.24) is 0 Å². The Morgan fingerprint density at radius 3 is 2.17 bits per heavy atom. The summed E-state index contributed by atoms with van der Waals surface area (Å²) < 4.78 is 61.9. The number of halogens is 4. The second-order valence-corrected chi connectivity index (χ2v) is 10.7. The van der Waals surface area contributed by atoms with E-state index in [0.717, 1.165) is 31.1 Å². The van der Waals surface area contributed by atoms with Gasteiger partial charge in [-0.1, -0.05) is 31.1 Å². The van der Waals surface area contributed by atoms with Gasteiger partial charge in [0.25, 0.3) is 0 Å². The van der Waals surface area contributed by atoms with E-state index in [9.17, 15) is 17.6 Å². The van der Waals surface area contributed by atoms with Crippen LogP contribution < -0.4 is 4.74 Å². The van der Waals surface area contributed by atoms with E-state index in [1.807, 2.05) is 0 Å². The molecule has 2 aromatic rings. The summed E-state index contributed by atoms with van der Waals surface area (Å²) in [5.74, 6) is -0.0676. The van der Waals surface area contributed by atoms with E-state index >= 15 is 0 Å². The number of benzene rings is 2. The number of hydrogen-bond donors (Lipinski definition) is 0. The second-order valence-electron chi connectivity index (χ2n) is 10.7. The fraction of sp³-hybridized carbons (Fsp3) is 0.548. The number of ether oxygens (including phenoxy) is 1. The standard InChI is InChI=1S/C31H38F4O/c1-3-36-29-17-16-27(30(34)31(29)35)26-15-14-25(28(33)19-26)13-6-21-4-9-23(10-5-21)24-11-7-22(8-12-24)18-20(2)32/h14-19,21-24H,3-13H2,1-2H3/b20-18-. The second kappa shape index (κ2) is 12.3. The molecule has 0 N–H and O–H groups in total. The molecule has 2 aliphatic rings. The van der Waals surface area contributed by atoms with Crippen LogP contribution in [0.25, 0.3) is 11.1 Å². The summed E-state index contributed by atoms with van der Waals surface area (Å²) in [6.45, 7) is 3.48. The van der Waals surface area contributed by atoms with Crippen molar-refractivity contribution in [3.63, 3.8) is 0 Å². The smallest absolute Gasteiger partial charge is 0.201 e. The summed E-state index contributed by atoms with van der Waals surface area (Å²) in [6.07, 6.45) is 12.9. The average Bonchev–Trinajstić information content (AvgIpc) is 2.87. The molecule has 2 saturated carbocycles. The molecule has 0 amide bonds. The van der Waals surface area contributed by atoms with Crippen LogP contribution in [0.5, 0.6) is 5.75 Å². The van der Waals surface area contributed by atoms with E-state index in [4.69, 9.17) is 4.74 Å². The summed E-state index contributed by atoms with van der Waals surface area (Å²) in [7, 11) is 0. The van der Waals surface area contributed by atoms with Crippen molar-refractivity contribution < 1.29 is 22.3 Å². The van der Waals surface area contributed by atoms with Crippen LogP contribution in [0.15, 0.2) is 42.2 Å². The van der Waals surface area contributed by atoms with Gasteiger partial charge in [0.15, 0.2) is 11.6 Å². The molecule has 0 spiro atoms. The topological polar surface area (TPSA) is 9.23 Å². The first-order valence-electron chi connectivity index (χ1n) is 13.6. The van der Waals surface area contributed by atoms with Gasteiger partial charge in [-0.25, -0.2) is 13.2 Å². The number of aryl methyl sites for hydroxylation is 1. The maximum absolute atomic E-state index is 14.9. The molecule has 2 aromatic carbocycles. The van der Waals surface area contributed by atoms with E-state index in [-0.39, 0.29) is 29.6 Å². The number of allylic oxidation sites excluding steroid dienone is 2. The molecular formula is C31H38F4O. The first kappa shape index (κ1) is 26.8. The van der Waals surface area contributed by atoms with Crippen molar-refractivity contribution in [3.05, 3.63) is 65.2 Å². The number of rotatable bonds is 8. The number of hydrogen-bond acceptors (Lipinski definition) is 1. The van der Waals surface area contributed by atoms with Gasteiger partial charge in [0, 0.05) is 5.56 Å². The minimum absolute atomic E-state index is 0.0320. The van der Waals surface area contributed by atoms with Crippen LogP contribution in [0.4, 0.5) is 17.6 Å². The summed E-state index contributed by atoms with van der Waals surface area (Å²) in [5.41, 5.74) is 0.981. The van der Waals surface area contributed by atoms with Gasteiger partial charge < -0.3 is 4.74 Å². The highest BCUT2D eigenvalue weighted by atomic mass is 19.2. The van der Waals surface area contributed by atoms with E-state index in [1.54, 1.807) is 25.1 Å². The molecule has 0 atom stereocenters. The maximum atomic E-state index is 14.9. The molecule has 1 nitrogen and oxygen atoms in total. The van der Waals surface area contributed by atoms with Gasteiger partial charge >= 0.3 is 0 Å². The maximum Gasteiger partial charge on any atom is 0.201 e. The normalized spacial score (nSPS) is 25.1. The summed E-state index contributed by atoms with van der Waals surface area (Å²) in [5, 5.41) is 0. The Labute approximate surface area is 212 Å². The first-order valence-corrected chi connectivity index (χ1v) is 13.6. The average molecular weight is 503 g/mol. The first-order chi connectivity index (χ1) is 17.4. The molecule has 0 saturated heterocycles. The molecule has 0 aliphatic heterocycles. The van der Waals surface area contributed by atoms with Gasteiger partial charge in [0.05, 0.1) is 12.4 Å². The minimum atomic E-state index is -1.05. The summed E-state index contributed by atoms with van der Waals surface area (Å²) in [4.78, 5) is 0. The van der Waals surface area contributed by atoms with Crippen LogP contribution in [-0.4, -0.2) is 6.61 Å². The monoisotopic (exact) mass is 502 g/mol. The third-order valence-electron chi connectivity index (χ3n) is 8.37. The lowest BCUT2D eigenvalue weighted by molar-refractivity contribution is 0.152. The minimum Gasteiger partial charge on any atom is -0.491 e. The van der Waals surface area contributed by atoms with Crippen LogP contribution in [0.1, 0.15) is 77.2 Å². The molecule has 0 bridgehead atoms. The molecule has 36 heavy (non-hydrogen) atoms. The predicted octanol–water partition coefficient (Wildman–Crippen LogP) is 9.59. The summed E-state index contributed by atoms with van der Waals surface area (Å²) in [6, 6.07) is 7.49. The fourth-order valence-electron chi connectivity index (χ4n) is 6.36. The Bertz CT molecular complexity index is 1040. The van der Waals surface area contributed by atoms with Crippen molar-refractivity contribution in [3.8, 4) is 16.9 Å². The van der Waals surface area contributed by atoms with E-state index in [0.29, 0.717) is 29.4 Å².